The summed E-state index contributed by atoms with van der Waals surface area (Å²) in [5.41, 5.74) is 7.38. The number of hydrogen-bond acceptors (Lipinski definition) is 3. The van der Waals surface area contributed by atoms with Crippen molar-refractivity contribution in [1.82, 2.24) is 0 Å². The highest BCUT2D eigenvalue weighted by atomic mass is 32.1. The summed E-state index contributed by atoms with van der Waals surface area (Å²) >= 11 is 3.67. The van der Waals surface area contributed by atoms with Crippen LogP contribution in [0.4, 0.5) is 0 Å². The fourth-order valence-electron chi connectivity index (χ4n) is 5.91. The summed E-state index contributed by atoms with van der Waals surface area (Å²) in [4.78, 5) is 0. The Kier molecular flexibility index (Phi) is 5.31. The van der Waals surface area contributed by atoms with Crippen molar-refractivity contribution in [3.05, 3.63) is 133 Å². The summed E-state index contributed by atoms with van der Waals surface area (Å²) in [6.07, 6.45) is 0. The Morgan fingerprint density at radius 3 is 1.93 bits per heavy atom. The van der Waals surface area contributed by atoms with E-state index in [2.05, 4.69) is 115 Å². The molecule has 0 aliphatic heterocycles. The second-order valence-corrected chi connectivity index (χ2v) is 12.2. The topological polar surface area (TPSA) is 23.8 Å². The van der Waals surface area contributed by atoms with Gasteiger partial charge in [-0.15, -0.1) is 22.7 Å². The summed E-state index contributed by atoms with van der Waals surface area (Å²) in [5, 5.41) is 15.2. The Balaban J connectivity index is 1.40. The van der Waals surface area contributed by atoms with E-state index in [-0.39, 0.29) is 0 Å². The first-order valence-electron chi connectivity index (χ1n) is 13.2. The molecule has 2 aromatic heterocycles. The van der Waals surface area contributed by atoms with E-state index in [1.807, 2.05) is 40.9 Å². The lowest BCUT2D eigenvalue weighted by Crippen LogP contribution is -1.91. The second kappa shape index (κ2) is 9.17. The minimum Gasteiger partial charge on any atom is -0.192 e. The van der Waals surface area contributed by atoms with Gasteiger partial charge in [0.2, 0.25) is 0 Å². The lowest BCUT2D eigenvalue weighted by molar-refractivity contribution is 1.48. The van der Waals surface area contributed by atoms with Crippen LogP contribution >= 0.6 is 22.7 Å². The van der Waals surface area contributed by atoms with Crippen molar-refractivity contribution in [2.45, 2.75) is 0 Å². The van der Waals surface area contributed by atoms with Gasteiger partial charge in [-0.3, -0.25) is 0 Å². The van der Waals surface area contributed by atoms with Gasteiger partial charge in [0.25, 0.3) is 0 Å². The van der Waals surface area contributed by atoms with Gasteiger partial charge in [-0.2, -0.15) is 5.26 Å². The van der Waals surface area contributed by atoms with Gasteiger partial charge in [-0.25, -0.2) is 0 Å². The van der Waals surface area contributed by atoms with Crippen molar-refractivity contribution in [3.8, 4) is 39.4 Å². The summed E-state index contributed by atoms with van der Waals surface area (Å²) in [6.45, 7) is 0. The molecule has 3 heteroatoms. The van der Waals surface area contributed by atoms with E-state index in [1.165, 1.54) is 45.9 Å². The number of hydrogen-bond donors (Lipinski definition) is 0. The molecule has 0 amide bonds. The van der Waals surface area contributed by atoms with Crippen LogP contribution in [0.1, 0.15) is 5.56 Å². The van der Waals surface area contributed by atoms with Crippen LogP contribution in [0.3, 0.4) is 0 Å². The molecule has 8 aromatic rings. The summed E-state index contributed by atoms with van der Waals surface area (Å²) < 4.78 is 5.18. The largest absolute Gasteiger partial charge is 0.192 e. The molecule has 0 N–H and O–H groups in total. The maximum atomic E-state index is 10.0. The quantitative estimate of drug-likeness (QED) is 0.217. The van der Waals surface area contributed by atoms with Crippen LogP contribution in [0, 0.1) is 11.3 Å². The summed E-state index contributed by atoms with van der Waals surface area (Å²) in [7, 11) is 0. The Hall–Kier alpha value is -4.75. The number of nitrogens with zero attached hydrogens (tertiary/aromatic N) is 1. The van der Waals surface area contributed by atoms with Crippen molar-refractivity contribution < 1.29 is 0 Å². The van der Waals surface area contributed by atoms with Crippen LogP contribution < -0.4 is 0 Å². The van der Waals surface area contributed by atoms with Gasteiger partial charge in [-0.05, 0) is 70.3 Å². The number of fused-ring (bicyclic) bond motifs is 6. The van der Waals surface area contributed by atoms with Crippen molar-refractivity contribution >= 4 is 63.0 Å². The first kappa shape index (κ1) is 23.2. The zero-order valence-electron chi connectivity index (χ0n) is 21.4. The van der Waals surface area contributed by atoms with E-state index in [4.69, 9.17) is 0 Å². The number of nitriles is 1. The predicted octanol–water partition coefficient (Wildman–Crippen LogP) is 11.3. The molecule has 8 rings (SSSR count). The lowest BCUT2D eigenvalue weighted by atomic mass is 9.88. The maximum Gasteiger partial charge on any atom is 0.0998 e. The Bertz CT molecular complexity index is 2290. The first-order valence-corrected chi connectivity index (χ1v) is 14.9. The van der Waals surface area contributed by atoms with Gasteiger partial charge in [0.15, 0.2) is 0 Å². The highest BCUT2D eigenvalue weighted by Crippen LogP contribution is 2.44. The van der Waals surface area contributed by atoms with E-state index < -0.39 is 0 Å². The third-order valence-corrected chi connectivity index (χ3v) is 10.0. The van der Waals surface area contributed by atoms with Crippen LogP contribution in [-0.2, 0) is 0 Å². The standard InChI is InChI=1S/C37H21NS2/c38-22-25-8-1-2-9-26(25)31-20-24(28-12-7-15-36-37(28)30-11-4-6-14-34(30)40-36)16-18-27(31)23-17-19-35-32(21-23)29-10-3-5-13-33(29)39-35/h1-21H. The molecule has 1 nitrogen and oxygen atoms in total. The van der Waals surface area contributed by atoms with E-state index in [0.717, 1.165) is 27.8 Å². The predicted molar refractivity (Wildman–Crippen MR) is 173 cm³/mol. The molecule has 0 unspecified atom stereocenters. The number of rotatable bonds is 3. The van der Waals surface area contributed by atoms with Gasteiger partial charge >= 0.3 is 0 Å². The monoisotopic (exact) mass is 543 g/mol. The Labute approximate surface area is 239 Å². The van der Waals surface area contributed by atoms with Crippen LogP contribution in [0.15, 0.2) is 127 Å². The molecule has 0 radical (unpaired) electrons. The summed E-state index contributed by atoms with van der Waals surface area (Å²) in [6, 6.07) is 47.8. The number of benzene rings is 6. The molecule has 40 heavy (non-hydrogen) atoms. The lowest BCUT2D eigenvalue weighted by Gasteiger charge is -2.15. The molecule has 0 fully saturated rings. The van der Waals surface area contributed by atoms with Crippen LogP contribution in [0.2, 0.25) is 0 Å². The molecule has 0 aliphatic carbocycles. The number of thiophene rings is 2. The molecule has 0 spiro atoms. The zero-order valence-corrected chi connectivity index (χ0v) is 23.0. The van der Waals surface area contributed by atoms with E-state index in [0.29, 0.717) is 5.56 Å². The molecule has 0 saturated heterocycles. The van der Waals surface area contributed by atoms with Crippen LogP contribution in [0.25, 0.3) is 73.7 Å². The third kappa shape index (κ3) is 3.58. The second-order valence-electron chi connectivity index (χ2n) is 10.0. The minimum absolute atomic E-state index is 0.683. The average molecular weight is 544 g/mol. The van der Waals surface area contributed by atoms with Crippen molar-refractivity contribution in [3.63, 3.8) is 0 Å². The van der Waals surface area contributed by atoms with E-state index in [9.17, 15) is 5.26 Å². The Morgan fingerprint density at radius 2 is 1.05 bits per heavy atom. The van der Waals surface area contributed by atoms with Crippen LogP contribution in [-0.4, -0.2) is 0 Å². The van der Waals surface area contributed by atoms with Gasteiger partial charge in [-0.1, -0.05) is 84.9 Å². The van der Waals surface area contributed by atoms with Gasteiger partial charge < -0.3 is 0 Å². The normalized spacial score (nSPS) is 11.5. The average Bonchev–Trinajstić information content (AvgIpc) is 3.59. The van der Waals surface area contributed by atoms with Gasteiger partial charge in [0.05, 0.1) is 11.6 Å². The molecule has 0 aliphatic rings. The van der Waals surface area contributed by atoms with E-state index in [1.54, 1.807) is 0 Å². The highest BCUT2D eigenvalue weighted by Gasteiger charge is 2.17. The van der Waals surface area contributed by atoms with Gasteiger partial charge in [0, 0.05) is 45.9 Å². The highest BCUT2D eigenvalue weighted by molar-refractivity contribution is 7.26. The third-order valence-electron chi connectivity index (χ3n) is 7.76. The van der Waals surface area contributed by atoms with Crippen LogP contribution in [0.5, 0.6) is 0 Å². The smallest absolute Gasteiger partial charge is 0.0998 e. The molecule has 0 bridgehead atoms. The van der Waals surface area contributed by atoms with E-state index >= 15 is 0 Å². The molecule has 6 aromatic carbocycles. The molecule has 0 saturated carbocycles. The van der Waals surface area contributed by atoms with Crippen molar-refractivity contribution in [2.24, 2.45) is 0 Å². The molecular weight excluding hydrogens is 523 g/mol. The maximum absolute atomic E-state index is 10.0. The Morgan fingerprint density at radius 1 is 0.425 bits per heavy atom. The van der Waals surface area contributed by atoms with Crippen molar-refractivity contribution in [2.75, 3.05) is 0 Å². The fourth-order valence-corrected chi connectivity index (χ4v) is 8.13. The minimum atomic E-state index is 0.683. The zero-order chi connectivity index (χ0) is 26.6. The fraction of sp³-hybridized carbons (Fsp3) is 0. The molecule has 2 heterocycles. The summed E-state index contributed by atoms with van der Waals surface area (Å²) in [5.74, 6) is 0. The van der Waals surface area contributed by atoms with Gasteiger partial charge in [0.1, 0.15) is 0 Å². The molecule has 186 valence electrons. The first-order chi connectivity index (χ1) is 19.8. The van der Waals surface area contributed by atoms with Crippen molar-refractivity contribution in [1.29, 1.82) is 5.26 Å². The molecular formula is C37H21NS2. The SMILES string of the molecule is N#Cc1ccccc1-c1cc(-c2cccc3sc4ccccc4c23)ccc1-c1ccc2sc3ccccc3c2c1. The molecule has 0 atom stereocenters.